The Bertz CT molecular complexity index is 920. The third-order valence-electron chi connectivity index (χ3n) is 3.55. The topological polar surface area (TPSA) is 70.1 Å². The lowest BCUT2D eigenvalue weighted by molar-refractivity contribution is -0.166. The van der Waals surface area contributed by atoms with Crippen LogP contribution in [0.4, 0.5) is 18.9 Å². The summed E-state index contributed by atoms with van der Waals surface area (Å²) in [5, 5.41) is 17.0. The highest BCUT2D eigenvalue weighted by Gasteiger charge is 2.31. The van der Waals surface area contributed by atoms with Crippen LogP contribution in [0.2, 0.25) is 5.15 Å². The molecule has 1 unspecified atom stereocenters. The Balaban J connectivity index is 1.89. The number of aromatic nitrogens is 2. The van der Waals surface area contributed by atoms with Gasteiger partial charge in [-0.3, -0.25) is 0 Å². The third-order valence-corrected chi connectivity index (χ3v) is 6.88. The normalized spacial score (nSPS) is 13.3. The molecule has 146 valence electrons. The highest BCUT2D eigenvalue weighted by atomic mass is 79.9. The molecule has 0 spiro atoms. The summed E-state index contributed by atoms with van der Waals surface area (Å²) in [7, 11) is 0. The number of thiophene rings is 1. The van der Waals surface area contributed by atoms with Crippen molar-refractivity contribution in [1.29, 1.82) is 0 Å². The predicted molar refractivity (Wildman–Crippen MR) is 106 cm³/mol. The molecule has 0 saturated carbocycles. The van der Waals surface area contributed by atoms with Crippen LogP contribution in [0.3, 0.4) is 0 Å². The largest absolute Gasteiger partial charge is 0.457 e. The molecule has 3 aromatic heterocycles. The smallest absolute Gasteiger partial charge is 0.395 e. The Hall–Kier alpha value is -0.980. The van der Waals surface area contributed by atoms with Gasteiger partial charge in [0.2, 0.25) is 0 Å². The lowest BCUT2D eigenvalue weighted by Crippen LogP contribution is -2.44. The molecular formula is C15H13BrClF3N4OS2. The van der Waals surface area contributed by atoms with Crippen molar-refractivity contribution in [3.63, 3.8) is 0 Å². The van der Waals surface area contributed by atoms with E-state index in [0.717, 1.165) is 15.4 Å². The second-order valence-electron chi connectivity index (χ2n) is 5.51. The number of pyridine rings is 1. The number of alkyl halides is 3. The first-order valence-corrected chi connectivity index (χ1v) is 10.5. The van der Waals surface area contributed by atoms with Crippen molar-refractivity contribution >= 4 is 66.1 Å². The number of aliphatic hydroxyl groups excluding tert-OH is 1. The van der Waals surface area contributed by atoms with E-state index in [9.17, 15) is 18.3 Å². The molecule has 0 amide bonds. The van der Waals surface area contributed by atoms with Gasteiger partial charge in [-0.05, 0) is 15.9 Å². The third kappa shape index (κ3) is 5.30. The molecule has 3 rings (SSSR count). The molecule has 3 heterocycles. The number of rotatable bonds is 7. The first-order valence-electron chi connectivity index (χ1n) is 7.61. The summed E-state index contributed by atoms with van der Waals surface area (Å²) >= 11 is 12.3. The van der Waals surface area contributed by atoms with Crippen LogP contribution in [0.25, 0.3) is 10.2 Å². The zero-order valence-electron chi connectivity index (χ0n) is 13.5. The lowest BCUT2D eigenvalue weighted by Gasteiger charge is -2.17. The molecule has 3 aromatic rings. The van der Waals surface area contributed by atoms with Crippen LogP contribution in [-0.2, 0) is 13.0 Å². The highest BCUT2D eigenvalue weighted by molar-refractivity contribution is 9.10. The summed E-state index contributed by atoms with van der Waals surface area (Å²) in [6.45, 7) is -0.156. The molecule has 12 heteroatoms. The number of fused-ring (bicyclic) bond motifs is 1. The molecule has 0 fully saturated rings. The standard InChI is InChI=1S/C15H13BrClF3N4OS2/c16-12-9(3-7(6-25)24-15(18,19)20)27-14-8(4-10(17)23-13(12)14)22-5-11-21-1-2-26-11/h1-2,4,7,24-25H,3,5-6H2,(H,22,23). The number of halogens is 5. The van der Waals surface area contributed by atoms with Gasteiger partial charge < -0.3 is 10.4 Å². The summed E-state index contributed by atoms with van der Waals surface area (Å²) < 4.78 is 39.1. The van der Waals surface area contributed by atoms with E-state index < -0.39 is 18.9 Å². The van der Waals surface area contributed by atoms with Gasteiger partial charge in [0, 0.05) is 35.0 Å². The zero-order chi connectivity index (χ0) is 19.6. The molecule has 27 heavy (non-hydrogen) atoms. The van der Waals surface area contributed by atoms with E-state index in [1.165, 1.54) is 28.0 Å². The van der Waals surface area contributed by atoms with Crippen LogP contribution >= 0.6 is 50.2 Å². The molecule has 1 atom stereocenters. The van der Waals surface area contributed by atoms with Crippen molar-refractivity contribution in [2.45, 2.75) is 25.3 Å². The van der Waals surface area contributed by atoms with Gasteiger partial charge in [0.1, 0.15) is 10.2 Å². The Kier molecular flexibility index (Phi) is 6.59. The van der Waals surface area contributed by atoms with Crippen LogP contribution in [-0.4, -0.2) is 34.0 Å². The van der Waals surface area contributed by atoms with Crippen LogP contribution in [0.5, 0.6) is 0 Å². The van der Waals surface area contributed by atoms with Gasteiger partial charge in [0.05, 0.1) is 33.5 Å². The monoisotopic (exact) mass is 500 g/mol. The van der Waals surface area contributed by atoms with Gasteiger partial charge in [-0.15, -0.1) is 22.7 Å². The minimum atomic E-state index is -4.57. The van der Waals surface area contributed by atoms with Crippen molar-refractivity contribution < 1.29 is 18.3 Å². The van der Waals surface area contributed by atoms with E-state index in [4.69, 9.17) is 11.6 Å². The van der Waals surface area contributed by atoms with Crippen LogP contribution in [0, 0.1) is 0 Å². The fraction of sp³-hybridized carbons (Fsp3) is 0.333. The van der Waals surface area contributed by atoms with E-state index in [1.54, 1.807) is 12.3 Å². The molecule has 3 N–H and O–H groups in total. The molecule has 0 aliphatic carbocycles. The second-order valence-corrected chi connectivity index (χ2v) is 8.78. The number of hydrogen-bond acceptors (Lipinski definition) is 7. The quantitative estimate of drug-likeness (QED) is 0.321. The number of hydrogen-bond donors (Lipinski definition) is 3. The minimum Gasteiger partial charge on any atom is -0.395 e. The average Bonchev–Trinajstić information content (AvgIpc) is 3.21. The van der Waals surface area contributed by atoms with E-state index in [-0.39, 0.29) is 11.6 Å². The summed E-state index contributed by atoms with van der Waals surface area (Å²) in [6, 6.07) is 0.512. The molecule has 0 aromatic carbocycles. The van der Waals surface area contributed by atoms with Gasteiger partial charge in [0.15, 0.2) is 0 Å². The summed E-state index contributed by atoms with van der Waals surface area (Å²) in [4.78, 5) is 9.11. The van der Waals surface area contributed by atoms with Crippen molar-refractivity contribution in [2.24, 2.45) is 0 Å². The van der Waals surface area contributed by atoms with E-state index in [2.05, 4.69) is 31.2 Å². The van der Waals surface area contributed by atoms with Gasteiger partial charge in [-0.1, -0.05) is 11.6 Å². The maximum absolute atomic E-state index is 12.6. The van der Waals surface area contributed by atoms with E-state index in [0.29, 0.717) is 21.4 Å². The molecule has 0 bridgehead atoms. The van der Waals surface area contributed by atoms with Gasteiger partial charge in [-0.2, -0.15) is 13.2 Å². The van der Waals surface area contributed by atoms with Crippen molar-refractivity contribution in [2.75, 3.05) is 11.9 Å². The molecule has 0 aliphatic rings. The fourth-order valence-corrected chi connectivity index (χ4v) is 5.22. The number of nitrogens with one attached hydrogen (secondary N) is 2. The number of anilines is 1. The Morgan fingerprint density at radius 1 is 1.37 bits per heavy atom. The van der Waals surface area contributed by atoms with E-state index in [1.807, 2.05) is 5.38 Å². The zero-order valence-corrected chi connectivity index (χ0v) is 17.5. The Labute approximate surface area is 173 Å². The van der Waals surface area contributed by atoms with Crippen molar-refractivity contribution in [3.8, 4) is 0 Å². The summed E-state index contributed by atoms with van der Waals surface area (Å²) in [5.41, 5.74) is 1.29. The van der Waals surface area contributed by atoms with Crippen LogP contribution < -0.4 is 10.6 Å². The summed E-state index contributed by atoms with van der Waals surface area (Å²) in [5.74, 6) is 0. The Morgan fingerprint density at radius 3 is 2.78 bits per heavy atom. The first kappa shape index (κ1) is 20.7. The van der Waals surface area contributed by atoms with Gasteiger partial charge in [0.25, 0.3) is 0 Å². The number of nitrogens with zero attached hydrogens (tertiary/aromatic N) is 2. The number of aliphatic hydroxyl groups is 1. The minimum absolute atomic E-state index is 0.0127. The lowest BCUT2D eigenvalue weighted by atomic mass is 10.2. The fourth-order valence-electron chi connectivity index (χ4n) is 2.44. The van der Waals surface area contributed by atoms with Crippen molar-refractivity contribution in [1.82, 2.24) is 15.3 Å². The molecular weight excluding hydrogens is 489 g/mol. The molecule has 0 aliphatic heterocycles. The molecule has 0 radical (unpaired) electrons. The maximum atomic E-state index is 12.6. The van der Waals surface area contributed by atoms with Crippen LogP contribution in [0.15, 0.2) is 22.1 Å². The Morgan fingerprint density at radius 2 is 2.15 bits per heavy atom. The predicted octanol–water partition coefficient (Wildman–Crippen LogP) is 4.79. The SMILES string of the molecule is OCC(Cc1sc2c(NCc3nccs3)cc(Cl)nc2c1Br)NC(F)(F)F. The second kappa shape index (κ2) is 8.58. The number of thiazole rings is 1. The van der Waals surface area contributed by atoms with E-state index >= 15 is 0 Å². The van der Waals surface area contributed by atoms with Gasteiger partial charge in [-0.25, -0.2) is 15.3 Å². The highest BCUT2D eigenvalue weighted by Crippen LogP contribution is 2.40. The average molecular weight is 502 g/mol. The maximum Gasteiger partial charge on any atom is 0.457 e. The molecule has 5 nitrogen and oxygen atoms in total. The first-order chi connectivity index (χ1) is 12.8. The molecule has 0 saturated heterocycles. The van der Waals surface area contributed by atoms with Crippen LogP contribution in [0.1, 0.15) is 9.88 Å². The van der Waals surface area contributed by atoms with Gasteiger partial charge >= 0.3 is 6.30 Å². The van der Waals surface area contributed by atoms with Crippen molar-refractivity contribution in [3.05, 3.63) is 37.2 Å². The summed E-state index contributed by atoms with van der Waals surface area (Å²) in [6.07, 6.45) is -2.88.